The molecule has 1 fully saturated rings. The number of halogens is 1. The number of nitrogens with zero attached hydrogens (tertiary/aromatic N) is 1. The van der Waals surface area contributed by atoms with Gasteiger partial charge in [-0.15, -0.1) is 0 Å². The SMILES string of the molecule is COc1ccc(OCCCOc2c(Cl)cc(/C=C3\SC(=S)N(C)C3=O)cc2OC)cc1. The molecule has 2 aromatic carbocycles. The number of carbonyl (C=O) groups excluding carboxylic acids is 1. The molecule has 2 aromatic rings. The minimum Gasteiger partial charge on any atom is -0.497 e. The number of rotatable bonds is 9. The number of hydrogen-bond acceptors (Lipinski definition) is 7. The van der Waals surface area contributed by atoms with Gasteiger partial charge < -0.3 is 18.9 Å². The first-order chi connectivity index (χ1) is 14.9. The normalized spacial score (nSPS) is 14.8. The van der Waals surface area contributed by atoms with Gasteiger partial charge >= 0.3 is 0 Å². The number of carbonyl (C=O) groups is 1. The fraction of sp³-hybridized carbons (Fsp3) is 0.273. The van der Waals surface area contributed by atoms with Crippen molar-refractivity contribution in [2.45, 2.75) is 6.42 Å². The molecule has 0 aliphatic carbocycles. The highest BCUT2D eigenvalue weighted by Crippen LogP contribution is 2.38. The Hall–Kier alpha value is -2.42. The largest absolute Gasteiger partial charge is 0.497 e. The van der Waals surface area contributed by atoms with Crippen LogP contribution in [-0.2, 0) is 4.79 Å². The third-order valence-electron chi connectivity index (χ3n) is 4.40. The van der Waals surface area contributed by atoms with E-state index >= 15 is 0 Å². The molecule has 3 rings (SSSR count). The Morgan fingerprint density at radius 3 is 2.35 bits per heavy atom. The number of amides is 1. The maximum atomic E-state index is 12.2. The van der Waals surface area contributed by atoms with Gasteiger partial charge in [0.05, 0.1) is 37.4 Å². The quantitative estimate of drug-likeness (QED) is 0.284. The smallest absolute Gasteiger partial charge is 0.265 e. The van der Waals surface area contributed by atoms with Crippen molar-refractivity contribution in [3.8, 4) is 23.0 Å². The Bertz CT molecular complexity index is 994. The molecule has 1 aliphatic rings. The summed E-state index contributed by atoms with van der Waals surface area (Å²) in [6.07, 6.45) is 2.40. The standard InChI is InChI=1S/C22H22ClNO5S2/c1-24-21(25)19(31-22(24)30)13-14-11-17(23)20(18(12-14)27-3)29-10-4-9-28-16-7-5-15(26-2)6-8-16/h5-8,11-13H,4,9-10H2,1-3H3/b19-13-. The highest BCUT2D eigenvalue weighted by atomic mass is 35.5. The van der Waals surface area contributed by atoms with E-state index in [1.807, 2.05) is 24.3 Å². The summed E-state index contributed by atoms with van der Waals surface area (Å²) in [6, 6.07) is 10.9. The van der Waals surface area contributed by atoms with Gasteiger partial charge in [-0.1, -0.05) is 35.6 Å². The van der Waals surface area contributed by atoms with E-state index in [0.29, 0.717) is 45.4 Å². The van der Waals surface area contributed by atoms with Crippen LogP contribution in [0.4, 0.5) is 0 Å². The Kier molecular flexibility index (Phi) is 8.06. The van der Waals surface area contributed by atoms with Crippen LogP contribution in [0.15, 0.2) is 41.3 Å². The second-order valence-electron chi connectivity index (χ2n) is 6.50. The second kappa shape index (κ2) is 10.7. The maximum absolute atomic E-state index is 12.2. The zero-order chi connectivity index (χ0) is 22.4. The Morgan fingerprint density at radius 2 is 1.74 bits per heavy atom. The molecule has 1 saturated heterocycles. The zero-order valence-corrected chi connectivity index (χ0v) is 19.7. The number of thioether (sulfide) groups is 1. The van der Waals surface area contributed by atoms with E-state index in [4.69, 9.17) is 42.8 Å². The third-order valence-corrected chi connectivity index (χ3v) is 6.16. The minimum atomic E-state index is -0.137. The van der Waals surface area contributed by atoms with Crippen LogP contribution in [-0.4, -0.2) is 49.6 Å². The van der Waals surface area contributed by atoms with Gasteiger partial charge in [-0.25, -0.2) is 0 Å². The second-order valence-corrected chi connectivity index (χ2v) is 8.58. The maximum Gasteiger partial charge on any atom is 0.265 e. The van der Waals surface area contributed by atoms with Crippen molar-refractivity contribution in [2.24, 2.45) is 0 Å². The Morgan fingerprint density at radius 1 is 1.06 bits per heavy atom. The number of benzene rings is 2. The molecule has 1 aliphatic heterocycles. The highest BCUT2D eigenvalue weighted by Gasteiger charge is 2.28. The van der Waals surface area contributed by atoms with Gasteiger partial charge in [0.1, 0.15) is 15.8 Å². The number of methoxy groups -OCH3 is 2. The highest BCUT2D eigenvalue weighted by molar-refractivity contribution is 8.26. The van der Waals surface area contributed by atoms with E-state index in [1.165, 1.54) is 16.7 Å². The molecule has 1 amide bonds. The summed E-state index contributed by atoms with van der Waals surface area (Å²) in [5.41, 5.74) is 0.728. The van der Waals surface area contributed by atoms with E-state index in [9.17, 15) is 4.79 Å². The van der Waals surface area contributed by atoms with Crippen LogP contribution in [0.5, 0.6) is 23.0 Å². The summed E-state index contributed by atoms with van der Waals surface area (Å²) in [5.74, 6) is 2.35. The van der Waals surface area contributed by atoms with Crippen molar-refractivity contribution in [3.63, 3.8) is 0 Å². The predicted molar refractivity (Wildman–Crippen MR) is 128 cm³/mol. The lowest BCUT2D eigenvalue weighted by Gasteiger charge is -2.14. The van der Waals surface area contributed by atoms with Crippen molar-refractivity contribution in [3.05, 3.63) is 51.9 Å². The summed E-state index contributed by atoms with van der Waals surface area (Å²) in [7, 11) is 4.82. The summed E-state index contributed by atoms with van der Waals surface area (Å²) in [6.45, 7) is 0.892. The number of likely N-dealkylation sites (N-methyl/N-ethyl adjacent to an activating group) is 1. The molecule has 0 radical (unpaired) electrons. The molecular formula is C22H22ClNO5S2. The van der Waals surface area contributed by atoms with Crippen molar-refractivity contribution < 1.29 is 23.7 Å². The lowest BCUT2D eigenvalue weighted by atomic mass is 10.2. The Labute approximate surface area is 196 Å². The zero-order valence-electron chi connectivity index (χ0n) is 17.3. The Balaban J connectivity index is 1.58. The van der Waals surface area contributed by atoms with E-state index in [1.54, 1.807) is 39.5 Å². The van der Waals surface area contributed by atoms with E-state index < -0.39 is 0 Å². The van der Waals surface area contributed by atoms with Crippen molar-refractivity contribution in [2.75, 3.05) is 34.5 Å². The van der Waals surface area contributed by atoms with E-state index in [0.717, 1.165) is 17.1 Å². The van der Waals surface area contributed by atoms with Gasteiger partial charge in [-0.3, -0.25) is 9.69 Å². The molecule has 6 nitrogen and oxygen atoms in total. The first-order valence-corrected chi connectivity index (χ1v) is 11.0. The molecular weight excluding hydrogens is 458 g/mol. The van der Waals surface area contributed by atoms with Gasteiger partial charge in [0.25, 0.3) is 5.91 Å². The van der Waals surface area contributed by atoms with Crippen molar-refractivity contribution in [1.29, 1.82) is 0 Å². The molecule has 31 heavy (non-hydrogen) atoms. The van der Waals surface area contributed by atoms with Crippen LogP contribution in [0.2, 0.25) is 5.02 Å². The van der Waals surface area contributed by atoms with Crippen LogP contribution in [0.25, 0.3) is 6.08 Å². The predicted octanol–water partition coefficient (Wildman–Crippen LogP) is 5.04. The average Bonchev–Trinajstić information content (AvgIpc) is 3.01. The first-order valence-electron chi connectivity index (χ1n) is 9.41. The fourth-order valence-electron chi connectivity index (χ4n) is 2.76. The van der Waals surface area contributed by atoms with Gasteiger partial charge in [0, 0.05) is 13.5 Å². The fourth-order valence-corrected chi connectivity index (χ4v) is 4.21. The lowest BCUT2D eigenvalue weighted by Crippen LogP contribution is -2.22. The van der Waals surface area contributed by atoms with Crippen molar-refractivity contribution >= 4 is 51.9 Å². The third kappa shape index (κ3) is 5.84. The van der Waals surface area contributed by atoms with Gasteiger partial charge in [-0.05, 0) is 48.0 Å². The molecule has 1 heterocycles. The summed E-state index contributed by atoms with van der Waals surface area (Å²) in [4.78, 5) is 14.2. The molecule has 0 bridgehead atoms. The van der Waals surface area contributed by atoms with Gasteiger partial charge in [-0.2, -0.15) is 0 Å². The molecule has 0 atom stereocenters. The van der Waals surface area contributed by atoms with Crippen LogP contribution in [0.1, 0.15) is 12.0 Å². The minimum absolute atomic E-state index is 0.137. The molecule has 0 spiro atoms. The van der Waals surface area contributed by atoms with E-state index in [-0.39, 0.29) is 5.91 Å². The van der Waals surface area contributed by atoms with Gasteiger partial charge in [0.15, 0.2) is 11.5 Å². The number of ether oxygens (including phenoxy) is 4. The molecule has 9 heteroatoms. The lowest BCUT2D eigenvalue weighted by molar-refractivity contribution is -0.121. The van der Waals surface area contributed by atoms with Crippen LogP contribution < -0.4 is 18.9 Å². The van der Waals surface area contributed by atoms with Crippen LogP contribution in [0.3, 0.4) is 0 Å². The molecule has 164 valence electrons. The topological polar surface area (TPSA) is 57.2 Å². The number of hydrogen-bond donors (Lipinski definition) is 0. The number of thiocarbonyl (C=S) groups is 1. The molecule has 0 unspecified atom stereocenters. The van der Waals surface area contributed by atoms with Crippen molar-refractivity contribution in [1.82, 2.24) is 4.90 Å². The monoisotopic (exact) mass is 479 g/mol. The molecule has 0 aromatic heterocycles. The average molecular weight is 480 g/mol. The summed E-state index contributed by atoms with van der Waals surface area (Å²) in [5, 5.41) is 0.397. The summed E-state index contributed by atoms with van der Waals surface area (Å²) < 4.78 is 22.6. The first kappa shape index (κ1) is 23.2. The molecule has 0 N–H and O–H groups in total. The molecule has 0 saturated carbocycles. The summed E-state index contributed by atoms with van der Waals surface area (Å²) >= 11 is 12.8. The van der Waals surface area contributed by atoms with E-state index in [2.05, 4.69) is 0 Å². The van der Waals surface area contributed by atoms with Crippen LogP contribution >= 0.6 is 35.6 Å². The van der Waals surface area contributed by atoms with Gasteiger partial charge in [0.2, 0.25) is 0 Å². The van der Waals surface area contributed by atoms with Crippen LogP contribution in [0, 0.1) is 0 Å².